The maximum atomic E-state index is 11.6. The molecule has 2 aromatic carbocycles. The predicted molar refractivity (Wildman–Crippen MR) is 97.5 cm³/mol. The van der Waals surface area contributed by atoms with Crippen LogP contribution < -0.4 is 5.32 Å². The third-order valence-corrected chi connectivity index (χ3v) is 4.54. The van der Waals surface area contributed by atoms with Crippen molar-refractivity contribution in [1.82, 2.24) is 10.2 Å². The van der Waals surface area contributed by atoms with Gasteiger partial charge in [-0.25, -0.2) is 0 Å². The smallest absolute Gasteiger partial charge is 0.251 e. The van der Waals surface area contributed by atoms with Crippen LogP contribution in [0.3, 0.4) is 0 Å². The number of nitrogens with zero attached hydrogens (tertiary/aromatic N) is 1. The van der Waals surface area contributed by atoms with Crippen molar-refractivity contribution in [3.05, 3.63) is 59.7 Å². The highest BCUT2D eigenvalue weighted by molar-refractivity contribution is 5.94. The first-order valence-electron chi connectivity index (χ1n) is 8.58. The maximum Gasteiger partial charge on any atom is 0.251 e. The highest BCUT2D eigenvalue weighted by Gasteiger charge is 2.16. The van der Waals surface area contributed by atoms with Gasteiger partial charge in [0.05, 0.1) is 19.3 Å². The number of ether oxygens (including phenoxy) is 1. The fourth-order valence-electron chi connectivity index (χ4n) is 2.99. The third-order valence-electron chi connectivity index (χ3n) is 4.54. The number of carbonyl (C=O) groups excluding carboxylic acids is 1. The molecule has 0 spiro atoms. The molecule has 3 rings (SSSR count). The highest BCUT2D eigenvalue weighted by atomic mass is 16.5. The van der Waals surface area contributed by atoms with E-state index in [1.165, 1.54) is 0 Å². The number of hydrogen-bond acceptors (Lipinski definition) is 4. The number of β-amino-alcohol motifs (C(OH)–C–C–N with tert-alkyl or cyclic N) is 1. The summed E-state index contributed by atoms with van der Waals surface area (Å²) in [5.74, 6) is -0.0897. The number of nitrogens with one attached hydrogen (secondary N) is 1. The van der Waals surface area contributed by atoms with Crippen LogP contribution in [-0.2, 0) is 4.74 Å². The number of amides is 1. The van der Waals surface area contributed by atoms with E-state index in [4.69, 9.17) is 4.74 Å². The number of morpholine rings is 1. The molecule has 1 heterocycles. The van der Waals surface area contributed by atoms with Crippen molar-refractivity contribution in [2.24, 2.45) is 0 Å². The first kappa shape index (κ1) is 17.6. The largest absolute Gasteiger partial charge is 0.387 e. The van der Waals surface area contributed by atoms with Crippen molar-refractivity contribution in [2.75, 3.05) is 39.9 Å². The van der Waals surface area contributed by atoms with Crippen LogP contribution in [0.4, 0.5) is 0 Å². The van der Waals surface area contributed by atoms with E-state index < -0.39 is 6.10 Å². The molecule has 5 nitrogen and oxygen atoms in total. The second-order valence-electron chi connectivity index (χ2n) is 6.21. The first-order chi connectivity index (χ1) is 12.2. The Morgan fingerprint density at radius 1 is 1.08 bits per heavy atom. The minimum absolute atomic E-state index is 0.0897. The lowest BCUT2D eigenvalue weighted by Crippen LogP contribution is -2.38. The van der Waals surface area contributed by atoms with E-state index in [1.807, 2.05) is 48.5 Å². The number of aliphatic hydroxyl groups excluding tert-OH is 1. The van der Waals surface area contributed by atoms with Gasteiger partial charge in [0.1, 0.15) is 0 Å². The molecule has 2 aromatic rings. The van der Waals surface area contributed by atoms with Crippen molar-refractivity contribution < 1.29 is 14.6 Å². The Kier molecular flexibility index (Phi) is 5.81. The van der Waals surface area contributed by atoms with E-state index in [1.54, 1.807) is 7.05 Å². The van der Waals surface area contributed by atoms with Crippen LogP contribution in [0.15, 0.2) is 48.5 Å². The van der Waals surface area contributed by atoms with Crippen LogP contribution in [-0.4, -0.2) is 55.8 Å². The van der Waals surface area contributed by atoms with E-state index >= 15 is 0 Å². The first-order valence-corrected chi connectivity index (χ1v) is 8.58. The Bertz CT molecular complexity index is 692. The molecule has 1 aliphatic rings. The highest BCUT2D eigenvalue weighted by Crippen LogP contribution is 2.23. The SMILES string of the molecule is CNC(=O)c1ccc(-c2ccc([C@H](O)CN3CCOCC3)cc2)cc1. The molecule has 0 unspecified atom stereocenters. The number of carbonyl (C=O) groups is 1. The summed E-state index contributed by atoms with van der Waals surface area (Å²) in [5, 5.41) is 13.0. The molecule has 1 fully saturated rings. The van der Waals surface area contributed by atoms with Gasteiger partial charge in [-0.1, -0.05) is 36.4 Å². The molecule has 0 radical (unpaired) electrons. The van der Waals surface area contributed by atoms with Crippen molar-refractivity contribution in [1.29, 1.82) is 0 Å². The van der Waals surface area contributed by atoms with Crippen molar-refractivity contribution in [3.8, 4) is 11.1 Å². The topological polar surface area (TPSA) is 61.8 Å². The van der Waals surface area contributed by atoms with Gasteiger partial charge in [-0.15, -0.1) is 0 Å². The fourth-order valence-corrected chi connectivity index (χ4v) is 2.99. The molecule has 1 aliphatic heterocycles. The Labute approximate surface area is 148 Å². The van der Waals surface area contributed by atoms with Gasteiger partial charge in [-0.3, -0.25) is 9.69 Å². The summed E-state index contributed by atoms with van der Waals surface area (Å²) < 4.78 is 5.33. The molecule has 1 amide bonds. The molecule has 1 atom stereocenters. The molecule has 25 heavy (non-hydrogen) atoms. The zero-order valence-electron chi connectivity index (χ0n) is 14.4. The molecule has 132 valence electrons. The quantitative estimate of drug-likeness (QED) is 0.875. The zero-order chi connectivity index (χ0) is 17.6. The van der Waals surface area contributed by atoms with Gasteiger partial charge in [0.2, 0.25) is 0 Å². The molecule has 0 bridgehead atoms. The number of aliphatic hydroxyl groups is 1. The molecule has 0 aliphatic carbocycles. The summed E-state index contributed by atoms with van der Waals surface area (Å²) in [6, 6.07) is 15.4. The third kappa shape index (κ3) is 4.45. The van der Waals surface area contributed by atoms with Crippen LogP contribution in [0.25, 0.3) is 11.1 Å². The zero-order valence-corrected chi connectivity index (χ0v) is 14.4. The second kappa shape index (κ2) is 8.25. The van der Waals surface area contributed by atoms with E-state index in [9.17, 15) is 9.90 Å². The van der Waals surface area contributed by atoms with Crippen molar-refractivity contribution >= 4 is 5.91 Å². The molecule has 0 saturated carbocycles. The van der Waals surface area contributed by atoms with E-state index in [-0.39, 0.29) is 5.91 Å². The molecular formula is C20H24N2O3. The summed E-state index contributed by atoms with van der Waals surface area (Å²) in [6.45, 7) is 3.83. The summed E-state index contributed by atoms with van der Waals surface area (Å²) >= 11 is 0. The van der Waals surface area contributed by atoms with E-state index in [2.05, 4.69) is 10.2 Å². The standard InChI is InChI=1S/C20H24N2O3/c1-21-20(24)18-8-4-16(5-9-18)15-2-6-17(7-3-15)19(23)14-22-10-12-25-13-11-22/h2-9,19,23H,10-14H2,1H3,(H,21,24)/t19-/m1/s1. The molecular weight excluding hydrogens is 316 g/mol. The normalized spacial score (nSPS) is 16.4. The number of rotatable bonds is 5. The maximum absolute atomic E-state index is 11.6. The minimum atomic E-state index is -0.497. The Morgan fingerprint density at radius 3 is 2.20 bits per heavy atom. The Hall–Kier alpha value is -2.21. The van der Waals surface area contributed by atoms with Gasteiger partial charge in [0.25, 0.3) is 5.91 Å². The molecule has 2 N–H and O–H groups in total. The lowest BCUT2D eigenvalue weighted by Gasteiger charge is -2.28. The Morgan fingerprint density at radius 2 is 1.64 bits per heavy atom. The fraction of sp³-hybridized carbons (Fsp3) is 0.350. The predicted octanol–water partition coefficient (Wildman–Crippen LogP) is 2.08. The lowest BCUT2D eigenvalue weighted by atomic mass is 10.0. The van der Waals surface area contributed by atoms with Crippen LogP contribution in [0.2, 0.25) is 0 Å². The van der Waals surface area contributed by atoms with Gasteiger partial charge in [-0.2, -0.15) is 0 Å². The minimum Gasteiger partial charge on any atom is -0.387 e. The van der Waals surface area contributed by atoms with Gasteiger partial charge < -0.3 is 15.2 Å². The van der Waals surface area contributed by atoms with E-state index in [0.29, 0.717) is 12.1 Å². The number of hydrogen-bond donors (Lipinski definition) is 2. The summed E-state index contributed by atoms with van der Waals surface area (Å²) in [5.41, 5.74) is 3.66. The summed E-state index contributed by atoms with van der Waals surface area (Å²) in [7, 11) is 1.62. The average molecular weight is 340 g/mol. The van der Waals surface area contributed by atoms with Crippen LogP contribution in [0.5, 0.6) is 0 Å². The molecule has 0 aromatic heterocycles. The summed E-state index contributed by atoms with van der Waals surface area (Å²) in [4.78, 5) is 13.8. The van der Waals surface area contributed by atoms with Crippen LogP contribution >= 0.6 is 0 Å². The van der Waals surface area contributed by atoms with Crippen molar-refractivity contribution in [3.63, 3.8) is 0 Å². The number of benzene rings is 2. The second-order valence-corrected chi connectivity index (χ2v) is 6.21. The molecule has 1 saturated heterocycles. The van der Waals surface area contributed by atoms with E-state index in [0.717, 1.165) is 43.0 Å². The summed E-state index contributed by atoms with van der Waals surface area (Å²) in [6.07, 6.45) is -0.497. The van der Waals surface area contributed by atoms with Gasteiger partial charge in [0, 0.05) is 32.2 Å². The van der Waals surface area contributed by atoms with Gasteiger partial charge in [-0.05, 0) is 28.8 Å². The van der Waals surface area contributed by atoms with Crippen LogP contribution in [0.1, 0.15) is 22.0 Å². The molecule has 5 heteroatoms. The Balaban J connectivity index is 1.66. The van der Waals surface area contributed by atoms with Gasteiger partial charge >= 0.3 is 0 Å². The van der Waals surface area contributed by atoms with Crippen LogP contribution in [0, 0.1) is 0 Å². The lowest BCUT2D eigenvalue weighted by molar-refractivity contribution is 0.0143. The monoisotopic (exact) mass is 340 g/mol. The average Bonchev–Trinajstić information content (AvgIpc) is 2.68. The van der Waals surface area contributed by atoms with Crippen molar-refractivity contribution in [2.45, 2.75) is 6.10 Å². The van der Waals surface area contributed by atoms with Gasteiger partial charge in [0.15, 0.2) is 0 Å².